The Kier molecular flexibility index (Phi) is 2.85. The maximum Gasteiger partial charge on any atom is 0.248 e. The Labute approximate surface area is 109 Å². The van der Waals surface area contributed by atoms with Crippen molar-refractivity contribution in [2.24, 2.45) is 12.8 Å². The van der Waals surface area contributed by atoms with Gasteiger partial charge in [0.05, 0.1) is 12.5 Å². The molecule has 0 radical (unpaired) electrons. The van der Waals surface area contributed by atoms with Gasteiger partial charge >= 0.3 is 0 Å². The second-order valence-electron chi connectivity index (χ2n) is 4.23. The first kappa shape index (κ1) is 11.6. The highest BCUT2D eigenvalue weighted by atomic mass is 16.5. The van der Waals surface area contributed by atoms with E-state index in [9.17, 15) is 0 Å². The van der Waals surface area contributed by atoms with Gasteiger partial charge in [0.2, 0.25) is 11.7 Å². The molecular weight excluding hydrogens is 242 g/mol. The highest BCUT2D eigenvalue weighted by Gasteiger charge is 2.18. The summed E-state index contributed by atoms with van der Waals surface area (Å²) in [5.41, 5.74) is 7.82. The van der Waals surface area contributed by atoms with Crippen LogP contribution < -0.4 is 5.73 Å². The second kappa shape index (κ2) is 4.66. The summed E-state index contributed by atoms with van der Waals surface area (Å²) < 4.78 is 7.05. The number of nitrogens with two attached hydrogens (primary N) is 1. The summed E-state index contributed by atoms with van der Waals surface area (Å²) in [6.45, 7) is 0. The number of imidazole rings is 1. The molecule has 2 aromatic heterocycles. The molecule has 2 heterocycles. The van der Waals surface area contributed by atoms with E-state index in [1.54, 1.807) is 12.5 Å². The lowest BCUT2D eigenvalue weighted by molar-refractivity contribution is 0.367. The van der Waals surface area contributed by atoms with E-state index in [1.165, 1.54) is 0 Å². The van der Waals surface area contributed by atoms with Crippen LogP contribution in [0.25, 0.3) is 11.5 Å². The van der Waals surface area contributed by atoms with Gasteiger partial charge in [-0.3, -0.25) is 0 Å². The average molecular weight is 255 g/mol. The molecule has 0 fully saturated rings. The van der Waals surface area contributed by atoms with Gasteiger partial charge in [0, 0.05) is 7.05 Å². The summed E-state index contributed by atoms with van der Waals surface area (Å²) in [4.78, 5) is 8.35. The van der Waals surface area contributed by atoms with Crippen LogP contribution in [-0.2, 0) is 7.05 Å². The largest absolute Gasteiger partial charge is 0.337 e. The van der Waals surface area contributed by atoms with Crippen LogP contribution in [0.15, 0.2) is 47.4 Å². The molecule has 0 aliphatic rings. The molecule has 0 bridgehead atoms. The number of benzene rings is 1. The SMILES string of the molecule is Cn1cncc1-c1noc(C(N)c2ccccc2)n1. The van der Waals surface area contributed by atoms with Crippen LogP contribution in [0.3, 0.4) is 0 Å². The zero-order valence-corrected chi connectivity index (χ0v) is 10.4. The van der Waals surface area contributed by atoms with Gasteiger partial charge in [0.1, 0.15) is 11.7 Å². The predicted molar refractivity (Wildman–Crippen MR) is 69.0 cm³/mol. The average Bonchev–Trinajstić information content (AvgIpc) is 3.07. The van der Waals surface area contributed by atoms with Gasteiger partial charge in [-0.2, -0.15) is 4.98 Å². The zero-order valence-electron chi connectivity index (χ0n) is 10.4. The van der Waals surface area contributed by atoms with E-state index in [-0.39, 0.29) is 0 Å². The Morgan fingerprint density at radius 2 is 2.05 bits per heavy atom. The summed E-state index contributed by atoms with van der Waals surface area (Å²) >= 11 is 0. The molecule has 6 nitrogen and oxygen atoms in total. The summed E-state index contributed by atoms with van der Waals surface area (Å²) in [6.07, 6.45) is 3.37. The minimum atomic E-state index is -0.421. The van der Waals surface area contributed by atoms with Crippen LogP contribution in [0.4, 0.5) is 0 Å². The van der Waals surface area contributed by atoms with E-state index in [0.717, 1.165) is 11.3 Å². The van der Waals surface area contributed by atoms with Crippen molar-refractivity contribution in [3.05, 3.63) is 54.3 Å². The summed E-state index contributed by atoms with van der Waals surface area (Å²) in [5.74, 6) is 0.879. The molecule has 3 rings (SSSR count). The molecule has 0 aliphatic heterocycles. The Morgan fingerprint density at radius 1 is 1.26 bits per heavy atom. The van der Waals surface area contributed by atoms with Crippen LogP contribution in [-0.4, -0.2) is 19.7 Å². The fourth-order valence-electron chi connectivity index (χ4n) is 1.84. The van der Waals surface area contributed by atoms with Crippen molar-refractivity contribution in [1.82, 2.24) is 19.7 Å². The molecule has 1 aromatic carbocycles. The summed E-state index contributed by atoms with van der Waals surface area (Å²) in [6, 6.07) is 9.22. The third-order valence-electron chi connectivity index (χ3n) is 2.91. The molecule has 6 heteroatoms. The van der Waals surface area contributed by atoms with Crippen molar-refractivity contribution in [3.63, 3.8) is 0 Å². The van der Waals surface area contributed by atoms with E-state index in [1.807, 2.05) is 41.9 Å². The van der Waals surface area contributed by atoms with Crippen LogP contribution >= 0.6 is 0 Å². The quantitative estimate of drug-likeness (QED) is 0.767. The number of rotatable bonds is 3. The Bertz CT molecular complexity index is 673. The van der Waals surface area contributed by atoms with E-state index in [4.69, 9.17) is 10.3 Å². The van der Waals surface area contributed by atoms with Gasteiger partial charge in [-0.05, 0) is 5.56 Å². The number of hydrogen-bond donors (Lipinski definition) is 1. The lowest BCUT2D eigenvalue weighted by Crippen LogP contribution is -2.12. The Morgan fingerprint density at radius 3 is 2.74 bits per heavy atom. The van der Waals surface area contributed by atoms with Gasteiger partial charge in [0.15, 0.2) is 0 Å². The standard InChI is InChI=1S/C13H13N5O/c1-18-8-15-7-10(18)12-16-13(19-17-12)11(14)9-5-3-2-4-6-9/h2-8,11H,14H2,1H3. The molecule has 96 valence electrons. The molecular formula is C13H13N5O. The number of aryl methyl sites for hydroxylation is 1. The summed E-state index contributed by atoms with van der Waals surface area (Å²) in [7, 11) is 1.87. The predicted octanol–water partition coefficient (Wildman–Crippen LogP) is 1.52. The normalized spacial score (nSPS) is 12.5. The molecule has 0 saturated carbocycles. The first-order valence-corrected chi connectivity index (χ1v) is 5.86. The molecule has 2 N–H and O–H groups in total. The fourth-order valence-corrected chi connectivity index (χ4v) is 1.84. The van der Waals surface area contributed by atoms with Crippen LogP contribution in [0, 0.1) is 0 Å². The van der Waals surface area contributed by atoms with Crippen LogP contribution in [0.2, 0.25) is 0 Å². The van der Waals surface area contributed by atoms with Crippen molar-refractivity contribution in [2.75, 3.05) is 0 Å². The Hall–Kier alpha value is -2.47. The zero-order chi connectivity index (χ0) is 13.2. The minimum absolute atomic E-state index is 0.391. The highest BCUT2D eigenvalue weighted by Crippen LogP contribution is 2.21. The maximum absolute atomic E-state index is 6.10. The van der Waals surface area contributed by atoms with Gasteiger partial charge < -0.3 is 14.8 Å². The molecule has 19 heavy (non-hydrogen) atoms. The highest BCUT2D eigenvalue weighted by molar-refractivity contribution is 5.47. The van der Waals surface area contributed by atoms with E-state index < -0.39 is 6.04 Å². The van der Waals surface area contributed by atoms with E-state index >= 15 is 0 Å². The topological polar surface area (TPSA) is 82.8 Å². The maximum atomic E-state index is 6.10. The van der Waals surface area contributed by atoms with Gasteiger partial charge in [0.25, 0.3) is 0 Å². The first-order valence-electron chi connectivity index (χ1n) is 5.86. The van der Waals surface area contributed by atoms with Crippen molar-refractivity contribution < 1.29 is 4.52 Å². The third kappa shape index (κ3) is 2.13. The van der Waals surface area contributed by atoms with Gasteiger partial charge in [-0.1, -0.05) is 35.5 Å². The summed E-state index contributed by atoms with van der Waals surface area (Å²) in [5, 5.41) is 3.94. The molecule has 3 aromatic rings. The molecule has 0 saturated heterocycles. The number of hydrogen-bond acceptors (Lipinski definition) is 5. The van der Waals surface area contributed by atoms with Crippen LogP contribution in [0.1, 0.15) is 17.5 Å². The monoisotopic (exact) mass is 255 g/mol. The molecule has 0 amide bonds. The minimum Gasteiger partial charge on any atom is -0.337 e. The molecule has 1 atom stereocenters. The van der Waals surface area contributed by atoms with Crippen molar-refractivity contribution in [2.45, 2.75) is 6.04 Å². The number of nitrogens with zero attached hydrogens (tertiary/aromatic N) is 4. The van der Waals surface area contributed by atoms with Crippen molar-refractivity contribution >= 4 is 0 Å². The van der Waals surface area contributed by atoms with Gasteiger partial charge in [-0.15, -0.1) is 0 Å². The molecule has 1 unspecified atom stereocenters. The third-order valence-corrected chi connectivity index (χ3v) is 2.91. The van der Waals surface area contributed by atoms with Crippen LogP contribution in [0.5, 0.6) is 0 Å². The Balaban J connectivity index is 1.92. The van der Waals surface area contributed by atoms with Crippen molar-refractivity contribution in [1.29, 1.82) is 0 Å². The van der Waals surface area contributed by atoms with E-state index in [0.29, 0.717) is 11.7 Å². The second-order valence-corrected chi connectivity index (χ2v) is 4.23. The first-order chi connectivity index (χ1) is 9.25. The lowest BCUT2D eigenvalue weighted by atomic mass is 10.1. The van der Waals surface area contributed by atoms with E-state index in [2.05, 4.69) is 15.1 Å². The smallest absolute Gasteiger partial charge is 0.248 e. The van der Waals surface area contributed by atoms with Crippen molar-refractivity contribution in [3.8, 4) is 11.5 Å². The number of aromatic nitrogens is 4. The molecule has 0 spiro atoms. The van der Waals surface area contributed by atoms with Gasteiger partial charge in [-0.25, -0.2) is 4.98 Å². The fraction of sp³-hybridized carbons (Fsp3) is 0.154. The molecule has 0 aliphatic carbocycles. The lowest BCUT2D eigenvalue weighted by Gasteiger charge is -2.05.